The van der Waals surface area contributed by atoms with Crippen LogP contribution in [0.15, 0.2) is 46.2 Å². The van der Waals surface area contributed by atoms with Crippen molar-refractivity contribution in [2.24, 2.45) is 0 Å². The van der Waals surface area contributed by atoms with Crippen LogP contribution in [-0.2, 0) is 20.0 Å². The highest BCUT2D eigenvalue weighted by Crippen LogP contribution is 2.37. The van der Waals surface area contributed by atoms with E-state index in [1.165, 1.54) is 47.8 Å². The zero-order valence-corrected chi connectivity index (χ0v) is 19.4. The second kappa shape index (κ2) is 9.32. The third-order valence-corrected chi connectivity index (χ3v) is 9.14. The van der Waals surface area contributed by atoms with Gasteiger partial charge in [-0.2, -0.15) is 4.31 Å². The van der Waals surface area contributed by atoms with Crippen LogP contribution >= 0.6 is 23.2 Å². The standard InChI is InChI=1S/C19H22Cl2N2O5S2/c1-28-16-10-11-17(19(21)18(16)20)29(24,25)22-14-6-8-15(9-7-14)30(26,27)23-12-4-2-3-5-13-23/h6-11,22H,2-5,12-13H2,1H3. The average Bonchev–Trinajstić information content (AvgIpc) is 3.00. The van der Waals surface area contributed by atoms with Gasteiger partial charge in [-0.1, -0.05) is 36.0 Å². The minimum atomic E-state index is -4.05. The fourth-order valence-corrected chi connectivity index (χ4v) is 6.63. The molecule has 0 amide bonds. The van der Waals surface area contributed by atoms with E-state index in [0.717, 1.165) is 25.7 Å². The molecule has 1 fully saturated rings. The van der Waals surface area contributed by atoms with Crippen molar-refractivity contribution in [3.8, 4) is 5.75 Å². The predicted octanol–water partition coefficient (Wildman–Crippen LogP) is 4.37. The maximum Gasteiger partial charge on any atom is 0.263 e. The van der Waals surface area contributed by atoms with Gasteiger partial charge in [-0.05, 0) is 49.2 Å². The molecule has 30 heavy (non-hydrogen) atoms. The van der Waals surface area contributed by atoms with Gasteiger partial charge < -0.3 is 4.74 Å². The molecule has 0 saturated carbocycles. The Morgan fingerprint density at radius 1 is 0.867 bits per heavy atom. The first-order valence-corrected chi connectivity index (χ1v) is 13.0. The number of benzene rings is 2. The molecule has 1 aliphatic heterocycles. The SMILES string of the molecule is COc1ccc(S(=O)(=O)Nc2ccc(S(=O)(=O)N3CCCCCC3)cc2)c(Cl)c1Cl. The van der Waals surface area contributed by atoms with Gasteiger partial charge >= 0.3 is 0 Å². The number of hydrogen-bond acceptors (Lipinski definition) is 5. The summed E-state index contributed by atoms with van der Waals surface area (Å²) >= 11 is 12.1. The highest BCUT2D eigenvalue weighted by atomic mass is 35.5. The maximum atomic E-state index is 12.8. The molecule has 2 aromatic rings. The maximum absolute atomic E-state index is 12.8. The Hall–Kier alpha value is -1.52. The van der Waals surface area contributed by atoms with Crippen molar-refractivity contribution in [1.82, 2.24) is 4.31 Å². The molecule has 0 unspecified atom stereocenters. The molecule has 0 spiro atoms. The van der Waals surface area contributed by atoms with E-state index in [4.69, 9.17) is 27.9 Å². The fraction of sp³-hybridized carbons (Fsp3) is 0.368. The van der Waals surface area contributed by atoms with Gasteiger partial charge in [0.2, 0.25) is 10.0 Å². The van der Waals surface area contributed by atoms with Crippen molar-refractivity contribution in [2.75, 3.05) is 24.9 Å². The number of nitrogens with zero attached hydrogens (tertiary/aromatic N) is 1. The summed E-state index contributed by atoms with van der Waals surface area (Å²) in [5.41, 5.74) is 0.202. The van der Waals surface area contributed by atoms with Gasteiger partial charge in [0.05, 0.1) is 17.0 Å². The van der Waals surface area contributed by atoms with E-state index in [-0.39, 0.29) is 31.3 Å². The fourth-order valence-electron chi connectivity index (χ4n) is 3.22. The molecule has 7 nitrogen and oxygen atoms in total. The summed E-state index contributed by atoms with van der Waals surface area (Å²) in [6.45, 7) is 0.987. The molecular weight excluding hydrogens is 471 g/mol. The number of sulfonamides is 2. The molecule has 2 aromatic carbocycles. The molecule has 0 radical (unpaired) electrons. The summed E-state index contributed by atoms with van der Waals surface area (Å²) in [5, 5.41) is -0.176. The summed E-state index contributed by atoms with van der Waals surface area (Å²) < 4.78 is 60.0. The van der Waals surface area contributed by atoms with Gasteiger partial charge in [0.15, 0.2) is 0 Å². The van der Waals surface area contributed by atoms with Crippen LogP contribution in [0, 0.1) is 0 Å². The molecule has 1 aliphatic rings. The van der Waals surface area contributed by atoms with Gasteiger partial charge in [-0.3, -0.25) is 4.72 Å². The molecule has 11 heteroatoms. The second-order valence-corrected chi connectivity index (χ2v) is 11.2. The molecular formula is C19H22Cl2N2O5S2. The molecule has 0 bridgehead atoms. The smallest absolute Gasteiger partial charge is 0.263 e. The van der Waals surface area contributed by atoms with E-state index >= 15 is 0 Å². The van der Waals surface area contributed by atoms with Crippen molar-refractivity contribution in [3.05, 3.63) is 46.4 Å². The van der Waals surface area contributed by atoms with E-state index in [0.29, 0.717) is 13.1 Å². The van der Waals surface area contributed by atoms with E-state index in [9.17, 15) is 16.8 Å². The van der Waals surface area contributed by atoms with Gasteiger partial charge in [0.1, 0.15) is 15.7 Å². The Labute approximate surface area is 187 Å². The number of halogens is 2. The second-order valence-electron chi connectivity index (χ2n) is 6.84. The molecule has 1 heterocycles. The van der Waals surface area contributed by atoms with Crippen LogP contribution in [-0.4, -0.2) is 41.3 Å². The van der Waals surface area contributed by atoms with Crippen LogP contribution in [0.4, 0.5) is 5.69 Å². The predicted molar refractivity (Wildman–Crippen MR) is 117 cm³/mol. The topological polar surface area (TPSA) is 92.8 Å². The minimum Gasteiger partial charge on any atom is -0.495 e. The van der Waals surface area contributed by atoms with Gasteiger partial charge in [0.25, 0.3) is 10.0 Å². The normalized spacial score (nSPS) is 16.1. The molecule has 1 N–H and O–H groups in total. The molecule has 3 rings (SSSR count). The number of anilines is 1. The average molecular weight is 493 g/mol. The van der Waals surface area contributed by atoms with Crippen molar-refractivity contribution in [3.63, 3.8) is 0 Å². The third-order valence-electron chi connectivity index (χ3n) is 4.83. The van der Waals surface area contributed by atoms with Gasteiger partial charge in [-0.25, -0.2) is 16.8 Å². The Kier molecular flexibility index (Phi) is 7.19. The monoisotopic (exact) mass is 492 g/mol. The van der Waals surface area contributed by atoms with E-state index in [1.54, 1.807) is 0 Å². The van der Waals surface area contributed by atoms with Crippen molar-refractivity contribution in [1.29, 1.82) is 0 Å². The molecule has 1 saturated heterocycles. The lowest BCUT2D eigenvalue weighted by atomic mass is 10.2. The Bertz CT molecular complexity index is 1110. The van der Waals surface area contributed by atoms with E-state index < -0.39 is 20.0 Å². The Morgan fingerprint density at radius 3 is 2.03 bits per heavy atom. The number of ether oxygens (including phenoxy) is 1. The van der Waals surface area contributed by atoms with Crippen LogP contribution in [0.2, 0.25) is 10.0 Å². The summed E-state index contributed by atoms with van der Waals surface area (Å²) in [6, 6.07) is 8.27. The largest absolute Gasteiger partial charge is 0.495 e. The summed E-state index contributed by atoms with van der Waals surface area (Å²) in [4.78, 5) is -0.0888. The third kappa shape index (κ3) is 4.86. The van der Waals surface area contributed by atoms with Crippen LogP contribution < -0.4 is 9.46 Å². The van der Waals surface area contributed by atoms with Crippen molar-refractivity contribution < 1.29 is 21.6 Å². The molecule has 0 atom stereocenters. The summed E-state index contributed by atoms with van der Waals surface area (Å²) in [5.74, 6) is 0.253. The first kappa shape index (κ1) is 23.1. The Morgan fingerprint density at radius 2 is 1.47 bits per heavy atom. The lowest BCUT2D eigenvalue weighted by Gasteiger charge is -2.20. The zero-order chi connectivity index (χ0) is 21.9. The van der Waals surface area contributed by atoms with Gasteiger partial charge in [-0.15, -0.1) is 0 Å². The van der Waals surface area contributed by atoms with Crippen LogP contribution in [0.5, 0.6) is 5.75 Å². The van der Waals surface area contributed by atoms with E-state index in [1.807, 2.05) is 0 Å². The molecule has 164 valence electrons. The highest BCUT2D eigenvalue weighted by Gasteiger charge is 2.26. The van der Waals surface area contributed by atoms with Crippen molar-refractivity contribution in [2.45, 2.75) is 35.5 Å². The summed E-state index contributed by atoms with van der Waals surface area (Å²) in [6.07, 6.45) is 3.71. The van der Waals surface area contributed by atoms with E-state index in [2.05, 4.69) is 4.72 Å². The number of rotatable bonds is 6. The van der Waals surface area contributed by atoms with Crippen LogP contribution in [0.25, 0.3) is 0 Å². The van der Waals surface area contributed by atoms with Crippen LogP contribution in [0.1, 0.15) is 25.7 Å². The first-order valence-electron chi connectivity index (χ1n) is 9.32. The zero-order valence-electron chi connectivity index (χ0n) is 16.3. The van der Waals surface area contributed by atoms with Crippen molar-refractivity contribution >= 4 is 48.9 Å². The summed E-state index contributed by atoms with van der Waals surface area (Å²) in [7, 11) is -6.27. The quantitative estimate of drug-likeness (QED) is 0.645. The molecule has 0 aliphatic carbocycles. The lowest BCUT2D eigenvalue weighted by Crippen LogP contribution is -2.31. The minimum absolute atomic E-state index is 0.0130. The Balaban J connectivity index is 1.82. The van der Waals surface area contributed by atoms with Gasteiger partial charge in [0, 0.05) is 18.8 Å². The number of hydrogen-bond donors (Lipinski definition) is 1. The van der Waals surface area contributed by atoms with Crippen LogP contribution in [0.3, 0.4) is 0 Å². The number of nitrogens with one attached hydrogen (secondary N) is 1. The lowest BCUT2D eigenvalue weighted by molar-refractivity contribution is 0.414. The molecule has 0 aromatic heterocycles. The number of methoxy groups -OCH3 is 1. The highest BCUT2D eigenvalue weighted by molar-refractivity contribution is 7.92. The first-order chi connectivity index (χ1) is 14.2.